The van der Waals surface area contributed by atoms with Gasteiger partial charge < -0.3 is 5.32 Å². The van der Waals surface area contributed by atoms with E-state index in [4.69, 9.17) is 0 Å². The zero-order valence-electron chi connectivity index (χ0n) is 11.9. The lowest BCUT2D eigenvalue weighted by atomic mass is 10.1. The average molecular weight is 298 g/mol. The van der Waals surface area contributed by atoms with Gasteiger partial charge in [-0.1, -0.05) is 6.07 Å². The monoisotopic (exact) mass is 298 g/mol. The largest absolute Gasteiger partial charge is 0.355 e. The molecule has 3 rings (SSSR count). The normalized spacial score (nSPS) is 10.8. The number of fused-ring (bicyclic) bond motifs is 1. The van der Waals surface area contributed by atoms with Crippen molar-refractivity contribution in [3.63, 3.8) is 0 Å². The number of rotatable bonds is 3. The highest BCUT2D eigenvalue weighted by atomic mass is 32.2. The number of nitrogens with one attached hydrogen (secondary N) is 1. The Morgan fingerprint density at radius 3 is 2.71 bits per heavy atom. The van der Waals surface area contributed by atoms with E-state index in [2.05, 4.69) is 22.4 Å². The summed E-state index contributed by atoms with van der Waals surface area (Å²) in [6, 6.07) is 12.8. The summed E-state index contributed by atoms with van der Waals surface area (Å²) in [4.78, 5) is 5.55. The molecule has 0 bridgehead atoms. The van der Waals surface area contributed by atoms with Gasteiger partial charge >= 0.3 is 0 Å². The predicted octanol–water partition coefficient (Wildman–Crippen LogP) is 5.15. The van der Waals surface area contributed by atoms with Crippen LogP contribution in [0.4, 0.5) is 15.8 Å². The SMILES string of the molecule is CSc1ccc2nccc(Nc3cc(F)ccc3C)c2c1. The molecule has 106 valence electrons. The van der Waals surface area contributed by atoms with Crippen molar-refractivity contribution < 1.29 is 4.39 Å². The number of nitrogens with zero attached hydrogens (tertiary/aromatic N) is 1. The van der Waals surface area contributed by atoms with Gasteiger partial charge in [0.25, 0.3) is 0 Å². The molecule has 2 aromatic carbocycles. The summed E-state index contributed by atoms with van der Waals surface area (Å²) >= 11 is 1.69. The minimum atomic E-state index is -0.244. The molecule has 1 aromatic heterocycles. The topological polar surface area (TPSA) is 24.9 Å². The molecule has 1 heterocycles. The number of aryl methyl sites for hydroxylation is 1. The maximum atomic E-state index is 13.4. The highest BCUT2D eigenvalue weighted by molar-refractivity contribution is 7.98. The number of aromatic nitrogens is 1. The van der Waals surface area contributed by atoms with Crippen molar-refractivity contribution in [3.05, 3.63) is 60.0 Å². The van der Waals surface area contributed by atoms with Gasteiger partial charge in [-0.25, -0.2) is 4.39 Å². The summed E-state index contributed by atoms with van der Waals surface area (Å²) in [6.07, 6.45) is 3.80. The lowest BCUT2D eigenvalue weighted by Crippen LogP contribution is -1.96. The Kier molecular flexibility index (Phi) is 3.80. The molecule has 0 radical (unpaired) electrons. The second kappa shape index (κ2) is 5.74. The highest BCUT2D eigenvalue weighted by Crippen LogP contribution is 2.29. The number of anilines is 2. The minimum absolute atomic E-state index is 0.244. The first kappa shape index (κ1) is 13.9. The van der Waals surface area contributed by atoms with Gasteiger partial charge in [0.1, 0.15) is 5.82 Å². The molecule has 4 heteroatoms. The molecule has 0 aliphatic heterocycles. The van der Waals surface area contributed by atoms with Crippen LogP contribution >= 0.6 is 11.8 Å². The lowest BCUT2D eigenvalue weighted by Gasteiger charge is -2.12. The maximum Gasteiger partial charge on any atom is 0.125 e. The van der Waals surface area contributed by atoms with Crippen molar-refractivity contribution in [3.8, 4) is 0 Å². The first-order chi connectivity index (χ1) is 10.2. The Bertz CT molecular complexity index is 802. The van der Waals surface area contributed by atoms with Crippen LogP contribution in [0, 0.1) is 12.7 Å². The van der Waals surface area contributed by atoms with Gasteiger partial charge in [0.05, 0.1) is 5.52 Å². The quantitative estimate of drug-likeness (QED) is 0.677. The predicted molar refractivity (Wildman–Crippen MR) is 87.9 cm³/mol. The number of thioether (sulfide) groups is 1. The third-order valence-corrected chi connectivity index (χ3v) is 4.14. The van der Waals surface area contributed by atoms with Crippen LogP contribution in [0.15, 0.2) is 53.6 Å². The van der Waals surface area contributed by atoms with E-state index in [1.165, 1.54) is 17.0 Å². The summed E-state index contributed by atoms with van der Waals surface area (Å²) in [5, 5.41) is 4.35. The summed E-state index contributed by atoms with van der Waals surface area (Å²) < 4.78 is 13.4. The molecule has 0 spiro atoms. The van der Waals surface area contributed by atoms with E-state index in [1.54, 1.807) is 24.0 Å². The van der Waals surface area contributed by atoms with Crippen molar-refractivity contribution in [2.75, 3.05) is 11.6 Å². The molecular formula is C17H15FN2S. The second-order valence-corrected chi connectivity index (χ2v) is 5.71. The number of hydrogen-bond acceptors (Lipinski definition) is 3. The second-order valence-electron chi connectivity index (χ2n) is 4.83. The van der Waals surface area contributed by atoms with E-state index >= 15 is 0 Å². The minimum Gasteiger partial charge on any atom is -0.355 e. The van der Waals surface area contributed by atoms with Gasteiger partial charge in [-0.05, 0) is 55.1 Å². The third kappa shape index (κ3) is 2.85. The van der Waals surface area contributed by atoms with Crippen molar-refractivity contribution in [1.29, 1.82) is 0 Å². The van der Waals surface area contributed by atoms with E-state index in [0.29, 0.717) is 0 Å². The molecular weight excluding hydrogens is 283 g/mol. The Morgan fingerprint density at radius 2 is 1.90 bits per heavy atom. The van der Waals surface area contributed by atoms with Crippen LogP contribution in [0.5, 0.6) is 0 Å². The summed E-state index contributed by atoms with van der Waals surface area (Å²) in [7, 11) is 0. The van der Waals surface area contributed by atoms with Crippen LogP contribution in [0.3, 0.4) is 0 Å². The third-order valence-electron chi connectivity index (χ3n) is 3.42. The molecule has 0 unspecified atom stereocenters. The van der Waals surface area contributed by atoms with Crippen LogP contribution in [0.2, 0.25) is 0 Å². The molecule has 0 aliphatic rings. The van der Waals surface area contributed by atoms with Crippen LogP contribution in [0.1, 0.15) is 5.56 Å². The van der Waals surface area contributed by atoms with Crippen molar-refractivity contribution in [2.24, 2.45) is 0 Å². The standard InChI is InChI=1S/C17H15FN2S/c1-11-3-4-12(18)9-17(11)20-16-7-8-19-15-6-5-13(21-2)10-14(15)16/h3-10H,1-2H3,(H,19,20). The molecule has 0 amide bonds. The van der Waals surface area contributed by atoms with Crippen LogP contribution in [0.25, 0.3) is 10.9 Å². The number of pyridine rings is 1. The van der Waals surface area contributed by atoms with Gasteiger partial charge in [-0.3, -0.25) is 4.98 Å². The number of hydrogen-bond donors (Lipinski definition) is 1. The molecule has 1 N–H and O–H groups in total. The highest BCUT2D eigenvalue weighted by Gasteiger charge is 2.06. The van der Waals surface area contributed by atoms with Crippen LogP contribution in [-0.2, 0) is 0 Å². The molecule has 0 fully saturated rings. The van der Waals surface area contributed by atoms with Gasteiger partial charge in [0.15, 0.2) is 0 Å². The van der Waals surface area contributed by atoms with E-state index in [1.807, 2.05) is 25.3 Å². The summed E-state index contributed by atoms with van der Waals surface area (Å²) in [5.41, 5.74) is 3.64. The van der Waals surface area contributed by atoms with Crippen molar-refractivity contribution in [2.45, 2.75) is 11.8 Å². The van der Waals surface area contributed by atoms with E-state index in [0.717, 1.165) is 27.8 Å². The van der Waals surface area contributed by atoms with Crippen LogP contribution in [-0.4, -0.2) is 11.2 Å². The van der Waals surface area contributed by atoms with Gasteiger partial charge in [0, 0.05) is 27.9 Å². The molecule has 0 atom stereocenters. The number of halogens is 1. The Morgan fingerprint density at radius 1 is 1.05 bits per heavy atom. The zero-order valence-corrected chi connectivity index (χ0v) is 12.7. The first-order valence-corrected chi connectivity index (χ1v) is 7.86. The molecule has 0 saturated heterocycles. The van der Waals surface area contributed by atoms with E-state index in [-0.39, 0.29) is 5.82 Å². The van der Waals surface area contributed by atoms with Crippen molar-refractivity contribution >= 4 is 34.0 Å². The van der Waals surface area contributed by atoms with Gasteiger partial charge in [-0.2, -0.15) is 0 Å². The van der Waals surface area contributed by atoms with Gasteiger partial charge in [-0.15, -0.1) is 11.8 Å². The van der Waals surface area contributed by atoms with Gasteiger partial charge in [0.2, 0.25) is 0 Å². The fourth-order valence-corrected chi connectivity index (χ4v) is 2.68. The Labute approximate surface area is 127 Å². The molecule has 3 aromatic rings. The molecule has 0 saturated carbocycles. The first-order valence-electron chi connectivity index (χ1n) is 6.63. The van der Waals surface area contributed by atoms with E-state index in [9.17, 15) is 4.39 Å². The Balaban J connectivity index is 2.09. The average Bonchev–Trinajstić information content (AvgIpc) is 2.51. The van der Waals surface area contributed by atoms with Crippen molar-refractivity contribution in [1.82, 2.24) is 4.98 Å². The fourth-order valence-electron chi connectivity index (χ4n) is 2.24. The molecule has 2 nitrogen and oxygen atoms in total. The summed E-state index contributed by atoms with van der Waals surface area (Å²) in [6.45, 7) is 1.96. The molecule has 0 aliphatic carbocycles. The smallest absolute Gasteiger partial charge is 0.125 e. The van der Waals surface area contributed by atoms with E-state index < -0.39 is 0 Å². The molecule has 21 heavy (non-hydrogen) atoms. The number of benzene rings is 2. The van der Waals surface area contributed by atoms with Crippen LogP contribution < -0.4 is 5.32 Å². The Hall–Kier alpha value is -2.07. The summed E-state index contributed by atoms with van der Waals surface area (Å²) in [5.74, 6) is -0.244. The maximum absolute atomic E-state index is 13.4. The zero-order chi connectivity index (χ0) is 14.8. The fraction of sp³-hybridized carbons (Fsp3) is 0.118. The lowest BCUT2D eigenvalue weighted by molar-refractivity contribution is 0.628.